The number of benzene rings is 1. The highest BCUT2D eigenvalue weighted by Gasteiger charge is 2.48. The van der Waals surface area contributed by atoms with Crippen molar-refractivity contribution >= 4 is 18.0 Å². The van der Waals surface area contributed by atoms with E-state index in [4.69, 9.17) is 5.11 Å². The minimum absolute atomic E-state index is 0.211. The molecule has 24 heavy (non-hydrogen) atoms. The number of fused-ring (bicyclic) bond motifs is 1. The Morgan fingerprint density at radius 3 is 2.38 bits per heavy atom. The van der Waals surface area contributed by atoms with Crippen LogP contribution in [0.4, 0.5) is 17.6 Å². The molecule has 132 valence electrons. The van der Waals surface area contributed by atoms with E-state index in [0.29, 0.717) is 12.7 Å². The van der Waals surface area contributed by atoms with Gasteiger partial charge >= 0.3 is 18.1 Å². The van der Waals surface area contributed by atoms with Crippen molar-refractivity contribution in [3.63, 3.8) is 0 Å². The molecule has 1 aliphatic rings. The zero-order valence-corrected chi connectivity index (χ0v) is 12.7. The number of hydrogen-bond acceptors (Lipinski definition) is 4. The fourth-order valence-corrected chi connectivity index (χ4v) is 1.80. The summed E-state index contributed by atoms with van der Waals surface area (Å²) in [6.45, 7) is 3.65. The molecular weight excluding hydrogens is 336 g/mol. The Kier molecular flexibility index (Phi) is 6.33. The lowest BCUT2D eigenvalue weighted by Gasteiger charge is -2.26. The fourth-order valence-electron chi connectivity index (χ4n) is 1.80. The number of alkyl halides is 3. The van der Waals surface area contributed by atoms with E-state index in [1.807, 2.05) is 0 Å². The van der Waals surface area contributed by atoms with Crippen molar-refractivity contribution in [1.29, 1.82) is 0 Å². The normalized spacial score (nSPS) is 15.9. The number of carbonyl (C=O) groups excluding carboxylic acids is 1. The van der Waals surface area contributed by atoms with Crippen molar-refractivity contribution in [2.75, 3.05) is 6.61 Å². The molecule has 5 nitrogen and oxygen atoms in total. The van der Waals surface area contributed by atoms with Crippen molar-refractivity contribution in [2.45, 2.75) is 26.1 Å². The molecular formula is C15H14F4O5. The van der Waals surface area contributed by atoms with Gasteiger partial charge in [-0.1, -0.05) is 6.07 Å². The minimum Gasteiger partial charge on any atom is -0.478 e. The maximum absolute atomic E-state index is 13.3. The molecule has 0 spiro atoms. The Labute approximate surface area is 134 Å². The molecule has 0 bridgehead atoms. The van der Waals surface area contributed by atoms with Crippen molar-refractivity contribution in [3.05, 3.63) is 35.2 Å². The molecule has 0 aliphatic carbocycles. The molecule has 1 aromatic rings. The zero-order valence-electron chi connectivity index (χ0n) is 12.7. The molecule has 1 atom stereocenters. The van der Waals surface area contributed by atoms with Crippen molar-refractivity contribution in [1.82, 2.24) is 0 Å². The molecule has 0 amide bonds. The van der Waals surface area contributed by atoms with Crippen LogP contribution < -0.4 is 4.74 Å². The van der Waals surface area contributed by atoms with Gasteiger partial charge in [-0.2, -0.15) is 13.2 Å². The van der Waals surface area contributed by atoms with Crippen LogP contribution in [0.5, 0.6) is 5.75 Å². The Bertz CT molecular complexity index is 652. The monoisotopic (exact) mass is 350 g/mol. The molecule has 1 unspecified atom stereocenters. The summed E-state index contributed by atoms with van der Waals surface area (Å²) in [4.78, 5) is 20.6. The van der Waals surface area contributed by atoms with Crippen LogP contribution in [0.1, 0.15) is 19.4 Å². The summed E-state index contributed by atoms with van der Waals surface area (Å²) in [7, 11) is 0. The highest BCUT2D eigenvalue weighted by Crippen LogP contribution is 2.37. The molecule has 0 fully saturated rings. The lowest BCUT2D eigenvalue weighted by molar-refractivity contribution is -0.187. The number of carboxylic acid groups (broad SMARTS) is 1. The van der Waals surface area contributed by atoms with E-state index in [-0.39, 0.29) is 17.3 Å². The second-order valence-corrected chi connectivity index (χ2v) is 4.52. The van der Waals surface area contributed by atoms with Gasteiger partial charge in [0.2, 0.25) is 6.10 Å². The number of aliphatic carboxylic acids is 1. The summed E-state index contributed by atoms with van der Waals surface area (Å²) < 4.78 is 60.1. The number of rotatable bonds is 2. The zero-order chi connectivity index (χ0) is 18.5. The standard InChI is InChI=1S/C11H6F4O3.C4H8O2/c12-7-2-1-3-8-5(7)4-6(10(16)17)9(18-8)11(13,14)15;1-3-6-4(2)5/h1-4,9H,(H,16,17);3H2,1-2H3. The summed E-state index contributed by atoms with van der Waals surface area (Å²) in [5, 5.41) is 8.72. The van der Waals surface area contributed by atoms with Gasteiger partial charge in [-0.25, -0.2) is 9.18 Å². The Morgan fingerprint density at radius 1 is 1.33 bits per heavy atom. The van der Waals surface area contributed by atoms with Crippen molar-refractivity contribution < 1.29 is 41.7 Å². The third kappa shape index (κ3) is 4.97. The first-order chi connectivity index (χ1) is 11.1. The minimum atomic E-state index is -4.88. The Hall–Kier alpha value is -2.58. The van der Waals surface area contributed by atoms with Gasteiger partial charge < -0.3 is 14.6 Å². The van der Waals surface area contributed by atoms with Crippen molar-refractivity contribution in [3.8, 4) is 5.75 Å². The number of halogens is 4. The lowest BCUT2D eigenvalue weighted by atomic mass is 10.0. The largest absolute Gasteiger partial charge is 0.478 e. The molecule has 0 radical (unpaired) electrons. The number of esters is 1. The molecule has 0 aromatic heterocycles. The predicted octanol–water partition coefficient (Wildman–Crippen LogP) is 3.19. The van der Waals surface area contributed by atoms with Gasteiger partial charge in [-0.05, 0) is 25.1 Å². The van der Waals surface area contributed by atoms with Crippen LogP contribution in [0, 0.1) is 5.82 Å². The lowest BCUT2D eigenvalue weighted by Crippen LogP contribution is -2.40. The summed E-state index contributed by atoms with van der Waals surface area (Å²) in [6, 6.07) is 3.33. The third-order valence-electron chi connectivity index (χ3n) is 2.73. The van der Waals surface area contributed by atoms with E-state index in [1.165, 1.54) is 13.0 Å². The molecule has 9 heteroatoms. The average Bonchev–Trinajstić information content (AvgIpc) is 2.46. The van der Waals surface area contributed by atoms with Crippen molar-refractivity contribution in [2.24, 2.45) is 0 Å². The molecule has 0 saturated heterocycles. The summed E-state index contributed by atoms with van der Waals surface area (Å²) in [6.07, 6.45) is -6.83. The fraction of sp³-hybridized carbons (Fsp3) is 0.333. The summed E-state index contributed by atoms with van der Waals surface area (Å²) >= 11 is 0. The Morgan fingerprint density at radius 2 is 1.96 bits per heavy atom. The molecule has 1 aliphatic heterocycles. The van der Waals surface area contributed by atoms with Crippen LogP contribution in [-0.2, 0) is 14.3 Å². The van der Waals surface area contributed by atoms with Gasteiger partial charge in [0.1, 0.15) is 11.6 Å². The van der Waals surface area contributed by atoms with E-state index in [9.17, 15) is 27.2 Å². The van der Waals surface area contributed by atoms with Crippen LogP contribution in [-0.4, -0.2) is 35.9 Å². The van der Waals surface area contributed by atoms with Gasteiger partial charge in [-0.3, -0.25) is 4.79 Å². The maximum atomic E-state index is 13.3. The van der Waals surface area contributed by atoms with Gasteiger partial charge in [0.25, 0.3) is 0 Å². The third-order valence-corrected chi connectivity index (χ3v) is 2.73. The van der Waals surface area contributed by atoms with Gasteiger partial charge in [-0.15, -0.1) is 0 Å². The topological polar surface area (TPSA) is 72.8 Å². The quantitative estimate of drug-likeness (QED) is 0.655. The first-order valence-corrected chi connectivity index (χ1v) is 6.68. The van der Waals surface area contributed by atoms with E-state index in [2.05, 4.69) is 9.47 Å². The van der Waals surface area contributed by atoms with Crippen LogP contribution in [0.3, 0.4) is 0 Å². The number of carboxylic acids is 1. The number of ether oxygens (including phenoxy) is 2. The average molecular weight is 350 g/mol. The first-order valence-electron chi connectivity index (χ1n) is 6.68. The van der Waals surface area contributed by atoms with E-state index >= 15 is 0 Å². The number of carbonyl (C=O) groups is 2. The molecule has 1 aromatic carbocycles. The predicted molar refractivity (Wildman–Crippen MR) is 74.8 cm³/mol. The molecule has 1 N–H and O–H groups in total. The smallest absolute Gasteiger partial charge is 0.430 e. The summed E-state index contributed by atoms with van der Waals surface area (Å²) in [5.74, 6) is -3.18. The maximum Gasteiger partial charge on any atom is 0.430 e. The van der Waals surface area contributed by atoms with Gasteiger partial charge in [0.15, 0.2) is 0 Å². The Balaban J connectivity index is 0.000000413. The van der Waals surface area contributed by atoms with Gasteiger partial charge in [0, 0.05) is 6.92 Å². The highest BCUT2D eigenvalue weighted by atomic mass is 19.4. The molecule has 1 heterocycles. The second-order valence-electron chi connectivity index (χ2n) is 4.52. The van der Waals surface area contributed by atoms with E-state index in [0.717, 1.165) is 12.1 Å². The van der Waals surface area contributed by atoms with Crippen LogP contribution in [0.15, 0.2) is 23.8 Å². The SMILES string of the molecule is CCOC(C)=O.O=C(O)C1=Cc2c(F)cccc2OC1C(F)(F)F. The summed E-state index contributed by atoms with van der Waals surface area (Å²) in [5.41, 5.74) is -1.34. The van der Waals surface area contributed by atoms with E-state index < -0.39 is 29.6 Å². The van der Waals surface area contributed by atoms with E-state index in [1.54, 1.807) is 6.92 Å². The van der Waals surface area contributed by atoms with Crippen LogP contribution in [0.2, 0.25) is 0 Å². The second kappa shape index (κ2) is 7.80. The molecule has 0 saturated carbocycles. The first kappa shape index (κ1) is 19.5. The highest BCUT2D eigenvalue weighted by molar-refractivity contribution is 5.95. The van der Waals surface area contributed by atoms with Crippen LogP contribution >= 0.6 is 0 Å². The van der Waals surface area contributed by atoms with Gasteiger partial charge in [0.05, 0.1) is 17.7 Å². The number of hydrogen-bond donors (Lipinski definition) is 1. The van der Waals surface area contributed by atoms with Crippen LogP contribution in [0.25, 0.3) is 6.08 Å². The molecule has 2 rings (SSSR count).